The van der Waals surface area contributed by atoms with Gasteiger partial charge in [0.2, 0.25) is 0 Å². The molecule has 0 unspecified atom stereocenters. The third-order valence-corrected chi connectivity index (χ3v) is 5.14. The lowest BCUT2D eigenvalue weighted by molar-refractivity contribution is -0.132. The Balaban J connectivity index is 3.06. The van der Waals surface area contributed by atoms with Crippen LogP contribution < -0.4 is 0 Å². The summed E-state index contributed by atoms with van der Waals surface area (Å²) in [5.41, 5.74) is 2.10. The van der Waals surface area contributed by atoms with Crippen LogP contribution in [0.25, 0.3) is 0 Å². The van der Waals surface area contributed by atoms with Gasteiger partial charge in [-0.3, -0.25) is 0 Å². The van der Waals surface area contributed by atoms with Crippen molar-refractivity contribution in [3.05, 3.63) is 34.9 Å². The van der Waals surface area contributed by atoms with Crippen LogP contribution in [0.3, 0.4) is 0 Å². The highest BCUT2D eigenvalue weighted by molar-refractivity contribution is 7.99. The van der Waals surface area contributed by atoms with Gasteiger partial charge in [0.05, 0.1) is 0 Å². The largest absolute Gasteiger partial charge is 0.507 e. The third kappa shape index (κ3) is 6.10. The quantitative estimate of drug-likeness (QED) is 0.375. The van der Waals surface area contributed by atoms with Crippen molar-refractivity contribution >= 4 is 17.7 Å². The number of hydrogen-bond acceptors (Lipinski definition) is 3. The zero-order valence-electron chi connectivity index (χ0n) is 16.6. The predicted octanol–water partition coefficient (Wildman–Crippen LogP) is 5.89. The molecule has 1 rings (SSSR count). The molecule has 0 heterocycles. The molecule has 140 valence electrons. The zero-order chi connectivity index (χ0) is 19.4. The number of carboxylic acids is 1. The van der Waals surface area contributed by atoms with Gasteiger partial charge in [0, 0.05) is 27.3 Å². The van der Waals surface area contributed by atoms with E-state index in [4.69, 9.17) is 5.11 Å². The van der Waals surface area contributed by atoms with E-state index < -0.39 is 5.97 Å². The number of aliphatic carboxylic acids is 1. The number of phenolic OH excluding ortho intramolecular Hbond substituents is 1. The minimum atomic E-state index is -0.831. The molecule has 0 amide bonds. The van der Waals surface area contributed by atoms with Crippen LogP contribution in [-0.4, -0.2) is 21.9 Å². The Bertz CT molecular complexity index is 611. The number of phenols is 1. The van der Waals surface area contributed by atoms with Gasteiger partial charge in [-0.1, -0.05) is 54.5 Å². The van der Waals surface area contributed by atoms with E-state index in [1.807, 2.05) is 13.0 Å². The number of rotatable bonds is 6. The summed E-state index contributed by atoms with van der Waals surface area (Å²) in [7, 11) is 0. The van der Waals surface area contributed by atoms with Crippen molar-refractivity contribution in [1.82, 2.24) is 0 Å². The molecule has 0 aromatic heterocycles. The Morgan fingerprint density at radius 2 is 1.56 bits per heavy atom. The molecule has 4 heteroatoms. The van der Waals surface area contributed by atoms with Gasteiger partial charge in [-0.15, -0.1) is 11.8 Å². The zero-order valence-corrected chi connectivity index (χ0v) is 17.4. The number of benzene rings is 1. The Morgan fingerprint density at radius 3 is 1.92 bits per heavy atom. The van der Waals surface area contributed by atoms with Crippen molar-refractivity contribution in [1.29, 1.82) is 0 Å². The number of aromatic hydroxyl groups is 1. The van der Waals surface area contributed by atoms with Gasteiger partial charge in [0.25, 0.3) is 0 Å². The van der Waals surface area contributed by atoms with Crippen LogP contribution in [-0.2, 0) is 15.6 Å². The van der Waals surface area contributed by atoms with Gasteiger partial charge >= 0.3 is 5.97 Å². The monoisotopic (exact) mass is 364 g/mol. The normalized spacial score (nSPS) is 13.2. The third-order valence-electron chi connectivity index (χ3n) is 4.13. The first-order valence-corrected chi connectivity index (χ1v) is 9.79. The van der Waals surface area contributed by atoms with Gasteiger partial charge in [-0.05, 0) is 35.8 Å². The van der Waals surface area contributed by atoms with Gasteiger partial charge in [-0.25, -0.2) is 4.79 Å². The van der Waals surface area contributed by atoms with Crippen molar-refractivity contribution in [2.24, 2.45) is 0 Å². The van der Waals surface area contributed by atoms with Crippen LogP contribution >= 0.6 is 11.8 Å². The molecule has 1 aromatic rings. The van der Waals surface area contributed by atoms with Crippen molar-refractivity contribution in [2.75, 3.05) is 5.75 Å². The molecule has 0 atom stereocenters. The molecule has 0 saturated heterocycles. The molecule has 25 heavy (non-hydrogen) atoms. The van der Waals surface area contributed by atoms with Crippen LogP contribution in [0.15, 0.2) is 28.7 Å². The average Bonchev–Trinajstić information content (AvgIpc) is 2.45. The fraction of sp³-hybridized carbons (Fsp3) is 0.571. The number of thioether (sulfide) groups is 1. The molecule has 0 aliphatic heterocycles. The maximum atomic E-state index is 11.0. The summed E-state index contributed by atoms with van der Waals surface area (Å²) >= 11 is 1.71. The van der Waals surface area contributed by atoms with E-state index in [1.165, 1.54) is 0 Å². The first-order chi connectivity index (χ1) is 11.4. The molecule has 0 spiro atoms. The Labute approximate surface area is 156 Å². The Hall–Kier alpha value is -1.42. The summed E-state index contributed by atoms with van der Waals surface area (Å²) < 4.78 is 0. The van der Waals surface area contributed by atoms with Crippen molar-refractivity contribution in [3.8, 4) is 5.75 Å². The lowest BCUT2D eigenvalue weighted by atomic mass is 9.79. The maximum absolute atomic E-state index is 11.0. The van der Waals surface area contributed by atoms with E-state index in [1.54, 1.807) is 11.8 Å². The van der Waals surface area contributed by atoms with Crippen LogP contribution in [0.5, 0.6) is 5.75 Å². The van der Waals surface area contributed by atoms with E-state index in [2.05, 4.69) is 53.7 Å². The molecule has 0 aliphatic carbocycles. The fourth-order valence-electron chi connectivity index (χ4n) is 2.63. The highest BCUT2D eigenvalue weighted by Gasteiger charge is 2.26. The predicted molar refractivity (Wildman–Crippen MR) is 107 cm³/mol. The van der Waals surface area contributed by atoms with Crippen LogP contribution in [0.4, 0.5) is 0 Å². The lowest BCUT2D eigenvalue weighted by Gasteiger charge is -2.28. The molecule has 1 aromatic carbocycles. The minimum absolute atomic E-state index is 0.140. The number of hydrogen-bond donors (Lipinski definition) is 2. The first-order valence-electron chi connectivity index (χ1n) is 8.81. The molecule has 0 saturated carbocycles. The minimum Gasteiger partial charge on any atom is -0.507 e. The molecule has 0 bridgehead atoms. The topological polar surface area (TPSA) is 57.5 Å². The average molecular weight is 365 g/mol. The lowest BCUT2D eigenvalue weighted by Crippen LogP contribution is -2.17. The number of carboxylic acid groups (broad SMARTS) is 1. The Morgan fingerprint density at radius 1 is 1.08 bits per heavy atom. The molecule has 2 N–H and O–H groups in total. The van der Waals surface area contributed by atoms with E-state index >= 15 is 0 Å². The summed E-state index contributed by atoms with van der Waals surface area (Å²) in [6.45, 7) is 14.5. The van der Waals surface area contributed by atoms with E-state index in [9.17, 15) is 9.90 Å². The summed E-state index contributed by atoms with van der Waals surface area (Å²) in [5.74, 6) is 0.375. The number of carbonyl (C=O) groups is 1. The second-order valence-electron chi connectivity index (χ2n) is 8.39. The van der Waals surface area contributed by atoms with Gasteiger partial charge in [0.15, 0.2) is 0 Å². The van der Waals surface area contributed by atoms with Gasteiger partial charge in [-0.2, -0.15) is 0 Å². The molecular formula is C21H32O3S. The second-order valence-corrected chi connectivity index (χ2v) is 9.56. The smallest absolute Gasteiger partial charge is 0.331 e. The molecule has 0 aliphatic rings. The summed E-state index contributed by atoms with van der Waals surface area (Å²) in [6, 6.07) is 4.13. The maximum Gasteiger partial charge on any atom is 0.331 e. The molecular weight excluding hydrogens is 332 g/mol. The molecule has 3 nitrogen and oxygen atoms in total. The van der Waals surface area contributed by atoms with E-state index in [0.29, 0.717) is 17.7 Å². The fourth-order valence-corrected chi connectivity index (χ4v) is 3.50. The van der Waals surface area contributed by atoms with Crippen LogP contribution in [0, 0.1) is 0 Å². The standard InChI is InChI=1S/C21H32O3S/c1-8-14(19(23)24)10-9-11-25-15-12-16(20(2,3)4)18(22)17(13-15)21(5,6)7/h10,12-13,22H,8-9,11H2,1-7H3,(H,23,24)/b14-10+. The van der Waals surface area contributed by atoms with Crippen LogP contribution in [0.1, 0.15) is 72.4 Å². The SMILES string of the molecule is CC/C(=C\CCSc1cc(C(C)(C)C)c(O)c(C(C)(C)C)c1)C(=O)O. The summed E-state index contributed by atoms with van der Waals surface area (Å²) in [5, 5.41) is 19.8. The van der Waals surface area contributed by atoms with Crippen molar-refractivity contribution in [2.45, 2.75) is 77.0 Å². The van der Waals surface area contributed by atoms with Gasteiger partial charge < -0.3 is 10.2 Å². The Kier molecular flexibility index (Phi) is 7.18. The first kappa shape index (κ1) is 21.6. The number of allylic oxidation sites excluding steroid dienone is 1. The van der Waals surface area contributed by atoms with Crippen LogP contribution in [0.2, 0.25) is 0 Å². The van der Waals surface area contributed by atoms with Crippen molar-refractivity contribution < 1.29 is 15.0 Å². The van der Waals surface area contributed by atoms with Gasteiger partial charge in [0.1, 0.15) is 5.75 Å². The highest BCUT2D eigenvalue weighted by atomic mass is 32.2. The van der Waals surface area contributed by atoms with Crippen molar-refractivity contribution in [3.63, 3.8) is 0 Å². The molecule has 0 radical (unpaired) electrons. The van der Waals surface area contributed by atoms with E-state index in [-0.39, 0.29) is 10.8 Å². The summed E-state index contributed by atoms with van der Waals surface area (Å²) in [6.07, 6.45) is 3.07. The second kappa shape index (κ2) is 8.31. The van der Waals surface area contributed by atoms with E-state index in [0.717, 1.165) is 28.2 Å². The molecule has 0 fully saturated rings. The highest BCUT2D eigenvalue weighted by Crippen LogP contribution is 2.41. The summed E-state index contributed by atoms with van der Waals surface area (Å²) in [4.78, 5) is 12.2.